The molecule has 3 rings (SSSR count). The SMILES string of the molecule is Cc1ccc(-c2nccc3nc(C)c(C)nc23)c(F)c1. The van der Waals surface area contributed by atoms with Gasteiger partial charge in [-0.3, -0.25) is 4.98 Å². The summed E-state index contributed by atoms with van der Waals surface area (Å²) in [5.74, 6) is -0.287. The molecule has 1 aromatic carbocycles. The van der Waals surface area contributed by atoms with Gasteiger partial charge < -0.3 is 0 Å². The standard InChI is InChI=1S/C16H14FN3/c1-9-4-5-12(13(17)8-9)15-16-14(6-7-18-15)19-10(2)11(3)20-16/h4-8H,1-3H3. The Labute approximate surface area is 116 Å². The first-order valence-corrected chi connectivity index (χ1v) is 6.43. The van der Waals surface area contributed by atoms with Crippen LogP contribution in [-0.2, 0) is 0 Å². The molecule has 0 fully saturated rings. The van der Waals surface area contributed by atoms with Crippen molar-refractivity contribution >= 4 is 11.0 Å². The summed E-state index contributed by atoms with van der Waals surface area (Å²) in [6.07, 6.45) is 1.64. The maximum atomic E-state index is 14.2. The van der Waals surface area contributed by atoms with E-state index in [1.54, 1.807) is 18.3 Å². The molecule has 3 nitrogen and oxygen atoms in total. The van der Waals surface area contributed by atoms with Crippen molar-refractivity contribution in [3.8, 4) is 11.3 Å². The average Bonchev–Trinajstić information content (AvgIpc) is 2.40. The van der Waals surface area contributed by atoms with Gasteiger partial charge in [0.15, 0.2) is 0 Å². The van der Waals surface area contributed by atoms with Crippen molar-refractivity contribution in [2.75, 3.05) is 0 Å². The molecule has 0 aliphatic rings. The maximum absolute atomic E-state index is 14.2. The molecule has 2 aromatic heterocycles. The second-order valence-corrected chi connectivity index (χ2v) is 4.91. The van der Waals surface area contributed by atoms with Crippen molar-refractivity contribution in [3.05, 3.63) is 53.2 Å². The molecule has 100 valence electrons. The molecule has 0 saturated heterocycles. The third-order valence-corrected chi connectivity index (χ3v) is 3.37. The summed E-state index contributed by atoms with van der Waals surface area (Å²) in [5, 5.41) is 0. The van der Waals surface area contributed by atoms with Gasteiger partial charge in [-0.25, -0.2) is 14.4 Å². The topological polar surface area (TPSA) is 38.7 Å². The highest BCUT2D eigenvalue weighted by Crippen LogP contribution is 2.27. The number of fused-ring (bicyclic) bond motifs is 1. The number of nitrogens with zero attached hydrogens (tertiary/aromatic N) is 3. The fourth-order valence-electron chi connectivity index (χ4n) is 2.16. The summed E-state index contributed by atoms with van der Waals surface area (Å²) in [7, 11) is 0. The van der Waals surface area contributed by atoms with E-state index in [2.05, 4.69) is 15.0 Å². The van der Waals surface area contributed by atoms with E-state index in [1.165, 1.54) is 6.07 Å². The Morgan fingerprint density at radius 3 is 2.45 bits per heavy atom. The van der Waals surface area contributed by atoms with Crippen LogP contribution in [-0.4, -0.2) is 15.0 Å². The van der Waals surface area contributed by atoms with Crippen LogP contribution in [0.3, 0.4) is 0 Å². The molecule has 0 aliphatic heterocycles. The maximum Gasteiger partial charge on any atom is 0.132 e. The van der Waals surface area contributed by atoms with Gasteiger partial charge in [0.1, 0.15) is 17.0 Å². The summed E-state index contributed by atoms with van der Waals surface area (Å²) in [6, 6.07) is 6.91. The summed E-state index contributed by atoms with van der Waals surface area (Å²) in [4.78, 5) is 13.3. The molecule has 0 radical (unpaired) electrons. The molecular weight excluding hydrogens is 253 g/mol. The minimum absolute atomic E-state index is 0.287. The first kappa shape index (κ1) is 12.7. The van der Waals surface area contributed by atoms with Crippen molar-refractivity contribution in [2.24, 2.45) is 0 Å². The number of pyridine rings is 1. The fourth-order valence-corrected chi connectivity index (χ4v) is 2.16. The van der Waals surface area contributed by atoms with Crippen molar-refractivity contribution in [1.29, 1.82) is 0 Å². The lowest BCUT2D eigenvalue weighted by Gasteiger charge is -2.08. The van der Waals surface area contributed by atoms with Crippen LogP contribution in [0.4, 0.5) is 4.39 Å². The van der Waals surface area contributed by atoms with Gasteiger partial charge in [-0.05, 0) is 44.5 Å². The number of aromatic nitrogens is 3. The van der Waals surface area contributed by atoms with E-state index in [4.69, 9.17) is 0 Å². The molecule has 4 heteroatoms. The second-order valence-electron chi connectivity index (χ2n) is 4.91. The molecule has 0 bridgehead atoms. The van der Waals surface area contributed by atoms with Crippen molar-refractivity contribution in [3.63, 3.8) is 0 Å². The van der Waals surface area contributed by atoms with E-state index in [-0.39, 0.29) is 5.82 Å². The van der Waals surface area contributed by atoms with E-state index in [0.717, 1.165) is 22.5 Å². The van der Waals surface area contributed by atoms with Crippen molar-refractivity contribution < 1.29 is 4.39 Å². The molecule has 0 saturated carbocycles. The van der Waals surface area contributed by atoms with E-state index in [9.17, 15) is 4.39 Å². The smallest absolute Gasteiger partial charge is 0.132 e. The number of benzene rings is 1. The van der Waals surface area contributed by atoms with Crippen LogP contribution in [0.1, 0.15) is 17.0 Å². The zero-order valence-electron chi connectivity index (χ0n) is 11.6. The number of rotatable bonds is 1. The van der Waals surface area contributed by atoms with Gasteiger partial charge in [-0.2, -0.15) is 0 Å². The Bertz CT molecular complexity index is 812. The zero-order valence-corrected chi connectivity index (χ0v) is 11.6. The number of hydrogen-bond acceptors (Lipinski definition) is 3. The van der Waals surface area contributed by atoms with Crippen LogP contribution in [0.25, 0.3) is 22.3 Å². The van der Waals surface area contributed by atoms with Crippen LogP contribution >= 0.6 is 0 Å². The first-order chi connectivity index (χ1) is 9.56. The highest BCUT2D eigenvalue weighted by molar-refractivity contribution is 5.89. The van der Waals surface area contributed by atoms with E-state index in [0.29, 0.717) is 16.8 Å². The van der Waals surface area contributed by atoms with E-state index in [1.807, 2.05) is 26.8 Å². The molecule has 0 spiro atoms. The molecule has 0 aliphatic carbocycles. The van der Waals surface area contributed by atoms with E-state index < -0.39 is 0 Å². The lowest BCUT2D eigenvalue weighted by atomic mass is 10.1. The van der Waals surface area contributed by atoms with Gasteiger partial charge in [0.25, 0.3) is 0 Å². The number of hydrogen-bond donors (Lipinski definition) is 0. The first-order valence-electron chi connectivity index (χ1n) is 6.43. The third kappa shape index (κ3) is 2.03. The van der Waals surface area contributed by atoms with Crippen LogP contribution < -0.4 is 0 Å². The summed E-state index contributed by atoms with van der Waals surface area (Å²) < 4.78 is 14.2. The fraction of sp³-hybridized carbons (Fsp3) is 0.188. The predicted octanol–water partition coefficient (Wildman–Crippen LogP) is 3.76. The zero-order chi connectivity index (χ0) is 14.3. The molecule has 0 amide bonds. The molecular formula is C16H14FN3. The number of halogens is 1. The Hall–Kier alpha value is -2.36. The summed E-state index contributed by atoms with van der Waals surface area (Å²) >= 11 is 0. The lowest BCUT2D eigenvalue weighted by Crippen LogP contribution is -1.98. The van der Waals surface area contributed by atoms with E-state index >= 15 is 0 Å². The Kier molecular flexibility index (Phi) is 2.93. The highest BCUT2D eigenvalue weighted by atomic mass is 19.1. The van der Waals surface area contributed by atoms with Gasteiger partial charge >= 0.3 is 0 Å². The average molecular weight is 267 g/mol. The minimum atomic E-state index is -0.287. The normalized spacial score (nSPS) is 11.0. The predicted molar refractivity (Wildman–Crippen MR) is 76.9 cm³/mol. The molecule has 3 aromatic rings. The minimum Gasteiger partial charge on any atom is -0.254 e. The van der Waals surface area contributed by atoms with Crippen molar-refractivity contribution in [1.82, 2.24) is 15.0 Å². The molecule has 20 heavy (non-hydrogen) atoms. The highest BCUT2D eigenvalue weighted by Gasteiger charge is 2.13. The molecule has 0 unspecified atom stereocenters. The molecule has 0 atom stereocenters. The largest absolute Gasteiger partial charge is 0.254 e. The van der Waals surface area contributed by atoms with Gasteiger partial charge in [0, 0.05) is 11.8 Å². The van der Waals surface area contributed by atoms with Crippen LogP contribution in [0.15, 0.2) is 30.5 Å². The van der Waals surface area contributed by atoms with Crippen LogP contribution in [0.2, 0.25) is 0 Å². The van der Waals surface area contributed by atoms with Gasteiger partial charge in [0.05, 0.1) is 16.9 Å². The summed E-state index contributed by atoms with van der Waals surface area (Å²) in [5.41, 5.74) is 4.95. The van der Waals surface area contributed by atoms with Gasteiger partial charge in [-0.1, -0.05) is 6.07 Å². The monoisotopic (exact) mass is 267 g/mol. The Morgan fingerprint density at radius 1 is 0.950 bits per heavy atom. The van der Waals surface area contributed by atoms with Crippen LogP contribution in [0.5, 0.6) is 0 Å². The molecule has 0 N–H and O–H groups in total. The summed E-state index contributed by atoms with van der Waals surface area (Å²) in [6.45, 7) is 5.66. The second kappa shape index (κ2) is 4.63. The molecule has 2 heterocycles. The van der Waals surface area contributed by atoms with Crippen LogP contribution in [0, 0.1) is 26.6 Å². The third-order valence-electron chi connectivity index (χ3n) is 3.37. The quantitative estimate of drug-likeness (QED) is 0.674. The van der Waals surface area contributed by atoms with Gasteiger partial charge in [-0.15, -0.1) is 0 Å². The Morgan fingerprint density at radius 2 is 1.70 bits per heavy atom. The lowest BCUT2D eigenvalue weighted by molar-refractivity contribution is 0.629. The Balaban J connectivity index is 2.33. The van der Waals surface area contributed by atoms with Gasteiger partial charge in [0.2, 0.25) is 0 Å². The number of aryl methyl sites for hydroxylation is 3. The van der Waals surface area contributed by atoms with Crippen molar-refractivity contribution in [2.45, 2.75) is 20.8 Å².